The molecule has 0 radical (unpaired) electrons. The predicted octanol–water partition coefficient (Wildman–Crippen LogP) is 1.56. The molecule has 0 atom stereocenters. The van der Waals surface area contributed by atoms with Crippen LogP contribution in [0.3, 0.4) is 0 Å². The first-order valence-corrected chi connectivity index (χ1v) is 5.80. The number of aliphatic imine (C=N–C) groups is 1. The fraction of sp³-hybridized carbons (Fsp3) is 0.727. The Labute approximate surface area is 106 Å². The number of carbonyl (C=O) groups excluding carboxylic acids is 2. The van der Waals surface area contributed by atoms with Gasteiger partial charge in [-0.1, -0.05) is 0 Å². The maximum absolute atomic E-state index is 11.7. The van der Waals surface area contributed by atoms with E-state index in [2.05, 4.69) is 4.99 Å². The number of ether oxygens (including phenoxy) is 1. The summed E-state index contributed by atoms with van der Waals surface area (Å²) in [6, 6.07) is -0.782. The molecule has 0 spiro atoms. The second kappa shape index (κ2) is 5.81. The van der Waals surface area contributed by atoms with Crippen LogP contribution < -0.4 is 5.48 Å². The van der Waals surface area contributed by atoms with Crippen LogP contribution in [0, 0.1) is 0 Å². The Balaban J connectivity index is 2.47. The van der Waals surface area contributed by atoms with Crippen molar-refractivity contribution in [1.82, 2.24) is 10.4 Å². The third-order valence-electron chi connectivity index (χ3n) is 2.35. The molecule has 0 aromatic carbocycles. The fourth-order valence-electron chi connectivity index (χ4n) is 1.55. The zero-order valence-electron chi connectivity index (χ0n) is 10.9. The van der Waals surface area contributed by atoms with E-state index in [4.69, 9.17) is 9.94 Å². The van der Waals surface area contributed by atoms with Crippen molar-refractivity contribution < 1.29 is 19.5 Å². The highest BCUT2D eigenvalue weighted by Gasteiger charge is 2.25. The summed E-state index contributed by atoms with van der Waals surface area (Å²) in [5, 5.41) is 8.34. The Kier molecular flexibility index (Phi) is 4.66. The van der Waals surface area contributed by atoms with Gasteiger partial charge >= 0.3 is 12.1 Å². The molecule has 0 unspecified atom stereocenters. The molecule has 1 heterocycles. The van der Waals surface area contributed by atoms with Crippen molar-refractivity contribution in [2.24, 2.45) is 4.99 Å². The van der Waals surface area contributed by atoms with Crippen LogP contribution in [0.2, 0.25) is 0 Å². The van der Waals surface area contributed by atoms with E-state index in [9.17, 15) is 9.59 Å². The van der Waals surface area contributed by atoms with Gasteiger partial charge in [-0.05, 0) is 20.8 Å². The zero-order valence-corrected chi connectivity index (χ0v) is 10.9. The Hall–Kier alpha value is -1.63. The highest BCUT2D eigenvalue weighted by atomic mass is 16.6. The van der Waals surface area contributed by atoms with Crippen LogP contribution in [0.4, 0.5) is 9.59 Å². The molecular formula is C11H19N3O4. The molecule has 0 bridgehead atoms. The Morgan fingerprint density at radius 3 is 2.33 bits per heavy atom. The van der Waals surface area contributed by atoms with Crippen LogP contribution >= 0.6 is 0 Å². The third-order valence-corrected chi connectivity index (χ3v) is 2.35. The van der Waals surface area contributed by atoms with Crippen LogP contribution in [-0.2, 0) is 4.74 Å². The molecule has 1 aliphatic heterocycles. The van der Waals surface area contributed by atoms with Gasteiger partial charge in [0.05, 0.1) is 0 Å². The van der Waals surface area contributed by atoms with Gasteiger partial charge in [0.15, 0.2) is 0 Å². The van der Waals surface area contributed by atoms with E-state index in [1.807, 2.05) is 20.8 Å². The molecule has 1 aliphatic rings. The van der Waals surface area contributed by atoms with Gasteiger partial charge in [0.25, 0.3) is 0 Å². The lowest BCUT2D eigenvalue weighted by molar-refractivity contribution is 0.0249. The number of piperidine rings is 1. The normalized spacial score (nSPS) is 16.2. The van der Waals surface area contributed by atoms with Crippen LogP contribution in [0.1, 0.15) is 33.6 Å². The lowest BCUT2D eigenvalue weighted by Gasteiger charge is -2.30. The van der Waals surface area contributed by atoms with Crippen molar-refractivity contribution in [2.45, 2.75) is 39.2 Å². The van der Waals surface area contributed by atoms with Gasteiger partial charge in [-0.15, -0.1) is 0 Å². The molecule has 18 heavy (non-hydrogen) atoms. The van der Waals surface area contributed by atoms with Crippen LogP contribution in [0.25, 0.3) is 0 Å². The van der Waals surface area contributed by atoms with Crippen molar-refractivity contribution in [3.05, 3.63) is 0 Å². The lowest BCUT2D eigenvalue weighted by Crippen LogP contribution is -2.42. The van der Waals surface area contributed by atoms with E-state index in [0.29, 0.717) is 31.6 Å². The van der Waals surface area contributed by atoms with Gasteiger partial charge in [0.2, 0.25) is 0 Å². The molecule has 0 saturated carbocycles. The Bertz CT molecular complexity index is 350. The monoisotopic (exact) mass is 257 g/mol. The molecule has 7 heteroatoms. The van der Waals surface area contributed by atoms with Crippen molar-refractivity contribution in [2.75, 3.05) is 13.1 Å². The average molecular weight is 257 g/mol. The first kappa shape index (κ1) is 14.4. The third kappa shape index (κ3) is 4.70. The van der Waals surface area contributed by atoms with Crippen molar-refractivity contribution in [3.8, 4) is 0 Å². The highest BCUT2D eigenvalue weighted by molar-refractivity contribution is 5.95. The SMILES string of the molecule is CC(C)(C)OC(=O)N1CCC(=NC(=O)NO)CC1. The molecule has 1 saturated heterocycles. The first-order chi connectivity index (χ1) is 8.31. The number of rotatable bonds is 0. The topological polar surface area (TPSA) is 91.2 Å². The number of likely N-dealkylation sites (tertiary alicyclic amines) is 1. The van der Waals surface area contributed by atoms with E-state index in [1.165, 1.54) is 5.48 Å². The molecule has 7 nitrogen and oxygen atoms in total. The number of hydrogen-bond donors (Lipinski definition) is 2. The molecule has 0 aliphatic carbocycles. The zero-order chi connectivity index (χ0) is 13.8. The maximum Gasteiger partial charge on any atom is 0.410 e. The molecular weight excluding hydrogens is 238 g/mol. The second-order valence-corrected chi connectivity index (χ2v) is 5.06. The van der Waals surface area contributed by atoms with Crippen LogP contribution in [-0.4, -0.2) is 46.6 Å². The highest BCUT2D eigenvalue weighted by Crippen LogP contribution is 2.14. The summed E-state index contributed by atoms with van der Waals surface area (Å²) in [6.45, 7) is 6.37. The molecule has 0 aromatic rings. The number of nitrogens with one attached hydrogen (secondary N) is 1. The number of amides is 3. The van der Waals surface area contributed by atoms with E-state index >= 15 is 0 Å². The second-order valence-electron chi connectivity index (χ2n) is 5.06. The average Bonchev–Trinajstić information content (AvgIpc) is 2.27. The first-order valence-electron chi connectivity index (χ1n) is 5.80. The Morgan fingerprint density at radius 2 is 1.89 bits per heavy atom. The summed E-state index contributed by atoms with van der Waals surface area (Å²) >= 11 is 0. The number of hydrogen-bond acceptors (Lipinski definition) is 4. The number of urea groups is 1. The standard InChI is InChI=1S/C11H19N3O4/c1-11(2,3)18-10(16)14-6-4-8(5-7-14)12-9(15)13-17/h17H,4-7H2,1-3H3,(H,13,15). The summed E-state index contributed by atoms with van der Waals surface area (Å²) in [7, 11) is 0. The molecule has 1 rings (SSSR count). The van der Waals surface area contributed by atoms with Gasteiger partial charge in [0.1, 0.15) is 5.60 Å². The van der Waals surface area contributed by atoms with Crippen LogP contribution in [0.15, 0.2) is 4.99 Å². The van der Waals surface area contributed by atoms with E-state index < -0.39 is 11.6 Å². The molecule has 1 fully saturated rings. The minimum atomic E-state index is -0.782. The van der Waals surface area contributed by atoms with E-state index in [1.54, 1.807) is 4.90 Å². The molecule has 0 aromatic heterocycles. The van der Waals surface area contributed by atoms with Gasteiger partial charge < -0.3 is 9.64 Å². The largest absolute Gasteiger partial charge is 0.444 e. The molecule has 3 amide bonds. The van der Waals surface area contributed by atoms with Crippen LogP contribution in [0.5, 0.6) is 0 Å². The number of hydroxylamine groups is 1. The quantitative estimate of drug-likeness (QED) is 0.509. The summed E-state index contributed by atoms with van der Waals surface area (Å²) in [6.07, 6.45) is 0.660. The minimum Gasteiger partial charge on any atom is -0.444 e. The fourth-order valence-corrected chi connectivity index (χ4v) is 1.55. The van der Waals surface area contributed by atoms with Gasteiger partial charge in [-0.25, -0.2) is 20.1 Å². The molecule has 102 valence electrons. The van der Waals surface area contributed by atoms with Gasteiger partial charge in [0, 0.05) is 31.6 Å². The lowest BCUT2D eigenvalue weighted by atomic mass is 10.1. The smallest absolute Gasteiger partial charge is 0.410 e. The Morgan fingerprint density at radius 1 is 1.33 bits per heavy atom. The predicted molar refractivity (Wildman–Crippen MR) is 64.8 cm³/mol. The summed E-state index contributed by atoms with van der Waals surface area (Å²) < 4.78 is 5.24. The van der Waals surface area contributed by atoms with E-state index in [-0.39, 0.29) is 6.09 Å². The maximum atomic E-state index is 11.7. The number of carbonyl (C=O) groups is 2. The number of nitrogens with zero attached hydrogens (tertiary/aromatic N) is 2. The summed E-state index contributed by atoms with van der Waals surface area (Å²) in [5.41, 5.74) is 1.60. The van der Waals surface area contributed by atoms with Crippen molar-refractivity contribution >= 4 is 17.8 Å². The van der Waals surface area contributed by atoms with Gasteiger partial charge in [-0.2, -0.15) is 0 Å². The van der Waals surface area contributed by atoms with Crippen molar-refractivity contribution in [3.63, 3.8) is 0 Å². The molecule has 2 N–H and O–H groups in total. The summed E-state index contributed by atoms with van der Waals surface area (Å²) in [4.78, 5) is 27.8. The van der Waals surface area contributed by atoms with Gasteiger partial charge in [-0.3, -0.25) is 5.21 Å². The van der Waals surface area contributed by atoms with E-state index in [0.717, 1.165) is 0 Å². The summed E-state index contributed by atoms with van der Waals surface area (Å²) in [5.74, 6) is 0. The minimum absolute atomic E-state index is 0.354. The van der Waals surface area contributed by atoms with Crippen molar-refractivity contribution in [1.29, 1.82) is 0 Å².